The van der Waals surface area contributed by atoms with E-state index in [0.29, 0.717) is 18.2 Å². The Labute approximate surface area is 129 Å². The molecule has 0 radical (unpaired) electrons. The molecular weight excluding hydrogens is 342 g/mol. The van der Waals surface area contributed by atoms with E-state index in [1.165, 1.54) is 6.26 Å². The van der Waals surface area contributed by atoms with Crippen molar-refractivity contribution in [3.8, 4) is 0 Å². The summed E-state index contributed by atoms with van der Waals surface area (Å²) in [4.78, 5) is 8.83. The number of anilines is 1. The van der Waals surface area contributed by atoms with Gasteiger partial charge < -0.3 is 5.32 Å². The number of nitrogens with zero attached hydrogens (tertiary/aromatic N) is 2. The predicted molar refractivity (Wildman–Crippen MR) is 85.9 cm³/mol. The van der Waals surface area contributed by atoms with E-state index < -0.39 is 15.1 Å². The Morgan fingerprint density at radius 1 is 1.30 bits per heavy atom. The van der Waals surface area contributed by atoms with Crippen LogP contribution in [0.25, 0.3) is 0 Å². The van der Waals surface area contributed by atoms with Crippen LogP contribution in [0.4, 0.5) is 5.82 Å². The SMILES string of the molecule is CCNc1nc(C(C)S(C)(=O)=O)nc(C(C)(C)C)c1Br. The zero-order valence-electron chi connectivity index (χ0n) is 12.8. The Balaban J connectivity index is 3.52. The lowest BCUT2D eigenvalue weighted by Crippen LogP contribution is -2.21. The highest BCUT2D eigenvalue weighted by molar-refractivity contribution is 9.10. The molecule has 0 aromatic carbocycles. The van der Waals surface area contributed by atoms with E-state index in [9.17, 15) is 8.42 Å². The maximum Gasteiger partial charge on any atom is 0.157 e. The fourth-order valence-corrected chi connectivity index (χ4v) is 3.02. The average molecular weight is 364 g/mol. The van der Waals surface area contributed by atoms with E-state index in [2.05, 4.69) is 31.2 Å². The zero-order valence-corrected chi connectivity index (χ0v) is 15.2. The van der Waals surface area contributed by atoms with Crippen LogP contribution < -0.4 is 5.32 Å². The van der Waals surface area contributed by atoms with E-state index in [0.717, 1.165) is 10.2 Å². The molecule has 1 atom stereocenters. The van der Waals surface area contributed by atoms with Crippen LogP contribution in [0.3, 0.4) is 0 Å². The summed E-state index contributed by atoms with van der Waals surface area (Å²) in [6.45, 7) is 10.4. The molecule has 0 aliphatic heterocycles. The number of hydrogen-bond donors (Lipinski definition) is 1. The first kappa shape index (κ1) is 17.4. The van der Waals surface area contributed by atoms with Gasteiger partial charge in [0, 0.05) is 18.2 Å². The minimum Gasteiger partial charge on any atom is -0.369 e. The van der Waals surface area contributed by atoms with E-state index in [1.807, 2.05) is 27.7 Å². The fraction of sp³-hybridized carbons (Fsp3) is 0.692. The summed E-state index contributed by atoms with van der Waals surface area (Å²) in [6, 6.07) is 0. The highest BCUT2D eigenvalue weighted by atomic mass is 79.9. The molecule has 0 aliphatic rings. The van der Waals surface area contributed by atoms with Gasteiger partial charge in [0.25, 0.3) is 0 Å². The van der Waals surface area contributed by atoms with E-state index in [-0.39, 0.29) is 5.41 Å². The molecule has 0 fully saturated rings. The minimum atomic E-state index is -3.23. The quantitative estimate of drug-likeness (QED) is 0.889. The second-order valence-electron chi connectivity index (χ2n) is 5.85. The van der Waals surface area contributed by atoms with Crippen LogP contribution in [0.1, 0.15) is 51.4 Å². The normalized spacial score (nSPS) is 14.2. The summed E-state index contributed by atoms with van der Waals surface area (Å²) in [5, 5.41) is 2.41. The third kappa shape index (κ3) is 3.91. The van der Waals surface area contributed by atoms with Gasteiger partial charge in [0.15, 0.2) is 9.84 Å². The van der Waals surface area contributed by atoms with Crippen LogP contribution in [0.5, 0.6) is 0 Å². The third-order valence-electron chi connectivity index (χ3n) is 2.93. The van der Waals surface area contributed by atoms with Crippen molar-refractivity contribution in [2.45, 2.75) is 45.3 Å². The van der Waals surface area contributed by atoms with Crippen LogP contribution >= 0.6 is 15.9 Å². The first-order valence-corrected chi connectivity index (χ1v) is 9.23. The zero-order chi connectivity index (χ0) is 15.7. The summed E-state index contributed by atoms with van der Waals surface area (Å²) in [7, 11) is -3.23. The average Bonchev–Trinajstić information content (AvgIpc) is 2.28. The van der Waals surface area contributed by atoms with Gasteiger partial charge in [0.2, 0.25) is 0 Å². The van der Waals surface area contributed by atoms with Crippen LogP contribution in [0.2, 0.25) is 0 Å². The molecule has 1 aromatic heterocycles. The molecule has 114 valence electrons. The van der Waals surface area contributed by atoms with E-state index in [1.54, 1.807) is 6.92 Å². The van der Waals surface area contributed by atoms with Gasteiger partial charge in [-0.2, -0.15) is 0 Å². The lowest BCUT2D eigenvalue weighted by Gasteiger charge is -2.23. The van der Waals surface area contributed by atoms with Gasteiger partial charge in [-0.15, -0.1) is 0 Å². The summed E-state index contributed by atoms with van der Waals surface area (Å²) < 4.78 is 24.3. The van der Waals surface area contributed by atoms with Crippen molar-refractivity contribution >= 4 is 31.6 Å². The number of nitrogens with one attached hydrogen (secondary N) is 1. The Morgan fingerprint density at radius 3 is 2.25 bits per heavy atom. The molecular formula is C13H22BrN3O2S. The Hall–Kier alpha value is -0.690. The monoisotopic (exact) mass is 363 g/mol. The molecule has 1 rings (SSSR count). The first-order chi connectivity index (χ1) is 8.98. The molecule has 0 saturated carbocycles. The molecule has 1 unspecified atom stereocenters. The number of halogens is 1. The van der Waals surface area contributed by atoms with Gasteiger partial charge in [-0.05, 0) is 29.8 Å². The van der Waals surface area contributed by atoms with Crippen molar-refractivity contribution < 1.29 is 8.42 Å². The predicted octanol–water partition coefficient (Wildman–Crippen LogP) is 3.07. The Bertz CT molecular complexity index is 594. The standard InChI is InChI=1S/C13H22BrN3O2S/c1-7-15-12-9(14)10(13(3,4)5)16-11(17-12)8(2)20(6,18)19/h8H,7H2,1-6H3,(H,15,16,17). The van der Waals surface area contributed by atoms with Crippen molar-refractivity contribution in [2.75, 3.05) is 18.1 Å². The van der Waals surface area contributed by atoms with Crippen molar-refractivity contribution in [3.63, 3.8) is 0 Å². The summed E-state index contributed by atoms with van der Waals surface area (Å²) in [5.41, 5.74) is 0.590. The summed E-state index contributed by atoms with van der Waals surface area (Å²) in [5.74, 6) is 0.967. The minimum absolute atomic E-state index is 0.210. The largest absolute Gasteiger partial charge is 0.369 e. The van der Waals surface area contributed by atoms with Gasteiger partial charge >= 0.3 is 0 Å². The maximum atomic E-state index is 11.7. The van der Waals surface area contributed by atoms with Gasteiger partial charge in [0.05, 0.1) is 10.2 Å². The molecule has 7 heteroatoms. The van der Waals surface area contributed by atoms with E-state index >= 15 is 0 Å². The Morgan fingerprint density at radius 2 is 1.85 bits per heavy atom. The van der Waals surface area contributed by atoms with Crippen LogP contribution in [0.15, 0.2) is 4.47 Å². The lowest BCUT2D eigenvalue weighted by molar-refractivity contribution is 0.554. The highest BCUT2D eigenvalue weighted by Crippen LogP contribution is 2.34. The molecule has 1 heterocycles. The molecule has 0 aliphatic carbocycles. The summed E-state index contributed by atoms with van der Waals surface area (Å²) >= 11 is 3.51. The smallest absolute Gasteiger partial charge is 0.157 e. The molecule has 0 amide bonds. The fourth-order valence-electron chi connectivity index (χ4n) is 1.62. The van der Waals surface area contributed by atoms with Gasteiger partial charge in [0.1, 0.15) is 16.9 Å². The molecule has 20 heavy (non-hydrogen) atoms. The first-order valence-electron chi connectivity index (χ1n) is 6.49. The van der Waals surface area contributed by atoms with Crippen molar-refractivity contribution in [1.29, 1.82) is 0 Å². The van der Waals surface area contributed by atoms with Gasteiger partial charge in [-0.1, -0.05) is 20.8 Å². The van der Waals surface area contributed by atoms with Gasteiger partial charge in [-0.25, -0.2) is 18.4 Å². The molecule has 5 nitrogen and oxygen atoms in total. The molecule has 1 N–H and O–H groups in total. The molecule has 0 bridgehead atoms. The molecule has 0 saturated heterocycles. The topological polar surface area (TPSA) is 72.0 Å². The van der Waals surface area contributed by atoms with Crippen molar-refractivity contribution in [2.24, 2.45) is 0 Å². The van der Waals surface area contributed by atoms with Gasteiger partial charge in [-0.3, -0.25) is 0 Å². The second-order valence-corrected chi connectivity index (χ2v) is 9.00. The number of rotatable bonds is 4. The lowest BCUT2D eigenvalue weighted by atomic mass is 9.92. The van der Waals surface area contributed by atoms with Crippen LogP contribution in [-0.4, -0.2) is 31.2 Å². The summed E-state index contributed by atoms with van der Waals surface area (Å²) in [6.07, 6.45) is 1.20. The van der Waals surface area contributed by atoms with Crippen molar-refractivity contribution in [3.05, 3.63) is 16.0 Å². The number of sulfone groups is 1. The number of hydrogen-bond acceptors (Lipinski definition) is 5. The Kier molecular flexibility index (Phi) is 5.18. The van der Waals surface area contributed by atoms with E-state index in [4.69, 9.17) is 0 Å². The third-order valence-corrected chi connectivity index (χ3v) is 5.18. The molecule has 0 spiro atoms. The maximum absolute atomic E-state index is 11.7. The molecule has 1 aromatic rings. The number of aromatic nitrogens is 2. The second kappa shape index (κ2) is 5.97. The highest BCUT2D eigenvalue weighted by Gasteiger charge is 2.27. The van der Waals surface area contributed by atoms with Crippen molar-refractivity contribution in [1.82, 2.24) is 9.97 Å². The van der Waals surface area contributed by atoms with Crippen LogP contribution in [-0.2, 0) is 15.3 Å². The van der Waals surface area contributed by atoms with Crippen LogP contribution in [0, 0.1) is 0 Å².